The number of primary amides is 1. The molecule has 1 heterocycles. The third-order valence-electron chi connectivity index (χ3n) is 9.74. The summed E-state index contributed by atoms with van der Waals surface area (Å²) in [6.07, 6.45) is 1.23. The Morgan fingerprint density at radius 3 is 1.76 bits per heavy atom. The number of nitrogens with two attached hydrogens (primary N) is 1. The standard InChI is InChI=1S/C46H40N6O8S2/c1-50-42(29-48-45(50)40-26-25-35(44(47)54)27-41(40)52(31-34-17-8-3-9-18-34)62(58,59)39-23-12-5-13-24-39)46(55)60-32-43(53)49-36-19-14-20-37(28-36)51(30-33-15-6-2-7-16-33)61(56,57)38-21-10-4-11-22-38/h2-29H,30-32H2,1H3,(H2,47,54)(H,49,53). The molecule has 1 aromatic heterocycles. The number of sulfonamides is 2. The van der Waals surface area contributed by atoms with E-state index in [4.69, 9.17) is 10.5 Å². The van der Waals surface area contributed by atoms with Gasteiger partial charge in [0.05, 0.1) is 40.5 Å². The van der Waals surface area contributed by atoms with Crippen LogP contribution in [0.2, 0.25) is 0 Å². The lowest BCUT2D eigenvalue weighted by molar-refractivity contribution is -0.119. The fourth-order valence-corrected chi connectivity index (χ4v) is 9.57. The Morgan fingerprint density at radius 1 is 0.661 bits per heavy atom. The average Bonchev–Trinajstić information content (AvgIpc) is 3.68. The van der Waals surface area contributed by atoms with Crippen LogP contribution in [0.3, 0.4) is 0 Å². The van der Waals surface area contributed by atoms with E-state index in [9.17, 15) is 31.2 Å². The van der Waals surface area contributed by atoms with Gasteiger partial charge in [-0.1, -0.05) is 103 Å². The fraction of sp³-hybridized carbons (Fsp3) is 0.0870. The molecular weight excluding hydrogens is 829 g/mol. The first kappa shape index (κ1) is 42.6. The highest BCUT2D eigenvalue weighted by Gasteiger charge is 2.30. The highest BCUT2D eigenvalue weighted by molar-refractivity contribution is 7.93. The molecule has 0 radical (unpaired) electrons. The van der Waals surface area contributed by atoms with Crippen molar-refractivity contribution >= 4 is 54.9 Å². The number of ether oxygens (including phenoxy) is 1. The lowest BCUT2D eigenvalue weighted by Crippen LogP contribution is -2.31. The second-order valence-electron chi connectivity index (χ2n) is 13.9. The van der Waals surface area contributed by atoms with Crippen molar-refractivity contribution in [3.63, 3.8) is 0 Å². The number of anilines is 3. The summed E-state index contributed by atoms with van der Waals surface area (Å²) in [6, 6.07) is 44.4. The summed E-state index contributed by atoms with van der Waals surface area (Å²) in [5.74, 6) is -2.25. The predicted octanol–water partition coefficient (Wildman–Crippen LogP) is 6.77. The number of nitrogens with zero attached hydrogens (tertiary/aromatic N) is 4. The minimum atomic E-state index is -4.26. The van der Waals surface area contributed by atoms with Crippen LogP contribution in [0, 0.1) is 0 Å². The largest absolute Gasteiger partial charge is 0.451 e. The van der Waals surface area contributed by atoms with E-state index < -0.39 is 44.4 Å². The molecule has 0 atom stereocenters. The number of carbonyl (C=O) groups excluding carboxylic acids is 3. The molecule has 0 spiro atoms. The Balaban J connectivity index is 1.12. The summed E-state index contributed by atoms with van der Waals surface area (Å²) < 4.78 is 65.7. The minimum Gasteiger partial charge on any atom is -0.451 e. The highest BCUT2D eigenvalue weighted by Crippen LogP contribution is 2.36. The molecule has 0 bridgehead atoms. The lowest BCUT2D eigenvalue weighted by atomic mass is 10.1. The number of esters is 1. The first-order valence-corrected chi connectivity index (χ1v) is 22.0. The maximum atomic E-state index is 14.4. The molecule has 3 N–H and O–H groups in total. The molecule has 0 saturated carbocycles. The smallest absolute Gasteiger partial charge is 0.357 e. The number of amides is 2. The number of hydrogen-bond donors (Lipinski definition) is 2. The van der Waals surface area contributed by atoms with E-state index in [0.717, 1.165) is 9.87 Å². The molecule has 314 valence electrons. The maximum absolute atomic E-state index is 14.4. The van der Waals surface area contributed by atoms with Crippen molar-refractivity contribution in [1.82, 2.24) is 9.55 Å². The first-order chi connectivity index (χ1) is 29.8. The van der Waals surface area contributed by atoms with Gasteiger partial charge in [0.25, 0.3) is 26.0 Å². The van der Waals surface area contributed by atoms with Gasteiger partial charge in [0.2, 0.25) is 5.91 Å². The topological polar surface area (TPSA) is 191 Å². The molecule has 7 aromatic rings. The van der Waals surface area contributed by atoms with Crippen molar-refractivity contribution in [1.29, 1.82) is 0 Å². The lowest BCUT2D eigenvalue weighted by Gasteiger charge is -2.27. The third kappa shape index (κ3) is 9.41. The quantitative estimate of drug-likeness (QED) is 0.0987. The highest BCUT2D eigenvalue weighted by atomic mass is 32.2. The van der Waals surface area contributed by atoms with E-state index in [1.807, 2.05) is 30.3 Å². The molecule has 0 aliphatic carbocycles. The molecule has 62 heavy (non-hydrogen) atoms. The summed E-state index contributed by atoms with van der Waals surface area (Å²) in [5, 5.41) is 2.67. The van der Waals surface area contributed by atoms with Gasteiger partial charge < -0.3 is 20.4 Å². The SMILES string of the molecule is Cn1c(C(=O)OCC(=O)Nc2cccc(N(Cc3ccccc3)S(=O)(=O)c3ccccc3)c2)cnc1-c1ccc(C(N)=O)cc1N(Cc1ccccc1)S(=O)(=O)c1ccccc1. The molecule has 16 heteroatoms. The van der Waals surface area contributed by atoms with Crippen molar-refractivity contribution in [2.75, 3.05) is 20.5 Å². The van der Waals surface area contributed by atoms with Gasteiger partial charge in [0, 0.05) is 23.9 Å². The molecular formula is C46H40N6O8S2. The molecule has 0 fully saturated rings. The predicted molar refractivity (Wildman–Crippen MR) is 235 cm³/mol. The number of imidazole rings is 1. The molecule has 0 saturated heterocycles. The Labute approximate surface area is 358 Å². The molecule has 0 aliphatic heterocycles. The average molecular weight is 869 g/mol. The van der Waals surface area contributed by atoms with Gasteiger partial charge in [-0.2, -0.15) is 0 Å². The van der Waals surface area contributed by atoms with Crippen LogP contribution in [0.4, 0.5) is 17.1 Å². The zero-order valence-electron chi connectivity index (χ0n) is 33.2. The van der Waals surface area contributed by atoms with Gasteiger partial charge in [-0.3, -0.25) is 18.2 Å². The van der Waals surface area contributed by atoms with Crippen LogP contribution >= 0.6 is 0 Å². The third-order valence-corrected chi connectivity index (χ3v) is 13.3. The second kappa shape index (κ2) is 18.4. The van der Waals surface area contributed by atoms with Crippen LogP contribution < -0.4 is 19.7 Å². The number of benzene rings is 6. The van der Waals surface area contributed by atoms with Gasteiger partial charge in [-0.05, 0) is 71.8 Å². The molecule has 7 rings (SSSR count). The summed E-state index contributed by atoms with van der Waals surface area (Å²) >= 11 is 0. The number of hydrogen-bond acceptors (Lipinski definition) is 9. The van der Waals surface area contributed by atoms with Gasteiger partial charge in [0.15, 0.2) is 6.61 Å². The van der Waals surface area contributed by atoms with Gasteiger partial charge in [0.1, 0.15) is 11.5 Å². The molecule has 2 amide bonds. The van der Waals surface area contributed by atoms with Gasteiger partial charge in [-0.25, -0.2) is 26.6 Å². The molecule has 0 unspecified atom stereocenters. The summed E-state index contributed by atoms with van der Waals surface area (Å²) in [4.78, 5) is 43.6. The Hall–Kier alpha value is -7.56. The number of nitrogens with one attached hydrogen (secondary N) is 1. The van der Waals surface area contributed by atoms with Gasteiger partial charge >= 0.3 is 5.97 Å². The zero-order chi connectivity index (χ0) is 43.9. The number of carbonyl (C=O) groups is 3. The molecule has 0 aliphatic rings. The van der Waals surface area contributed by atoms with Crippen LogP contribution in [0.15, 0.2) is 180 Å². The number of rotatable bonds is 16. The Bertz CT molecular complexity index is 2950. The maximum Gasteiger partial charge on any atom is 0.357 e. The second-order valence-corrected chi connectivity index (χ2v) is 17.6. The first-order valence-electron chi connectivity index (χ1n) is 19.1. The van der Waals surface area contributed by atoms with E-state index in [2.05, 4.69) is 10.3 Å². The summed E-state index contributed by atoms with van der Waals surface area (Å²) in [6.45, 7) is -0.818. The zero-order valence-corrected chi connectivity index (χ0v) is 34.9. The van der Waals surface area contributed by atoms with Crippen LogP contribution in [0.1, 0.15) is 32.0 Å². The number of aromatic nitrogens is 2. The van der Waals surface area contributed by atoms with E-state index in [-0.39, 0.29) is 62.6 Å². The minimum absolute atomic E-state index is 0.00203. The van der Waals surface area contributed by atoms with E-state index in [1.54, 1.807) is 84.9 Å². The van der Waals surface area contributed by atoms with E-state index in [1.165, 1.54) is 70.6 Å². The van der Waals surface area contributed by atoms with Crippen LogP contribution in [0.5, 0.6) is 0 Å². The van der Waals surface area contributed by atoms with Crippen molar-refractivity contribution in [2.45, 2.75) is 22.9 Å². The van der Waals surface area contributed by atoms with Crippen LogP contribution in [-0.4, -0.2) is 50.8 Å². The monoisotopic (exact) mass is 868 g/mol. The Morgan fingerprint density at radius 2 is 1.19 bits per heavy atom. The van der Waals surface area contributed by atoms with Crippen LogP contribution in [-0.2, 0) is 49.7 Å². The van der Waals surface area contributed by atoms with E-state index >= 15 is 0 Å². The summed E-state index contributed by atoms with van der Waals surface area (Å²) in [5.41, 5.74) is 7.90. The van der Waals surface area contributed by atoms with Crippen molar-refractivity contribution < 1.29 is 36.0 Å². The van der Waals surface area contributed by atoms with Gasteiger partial charge in [-0.15, -0.1) is 0 Å². The normalized spacial score (nSPS) is 11.4. The Kier molecular flexibility index (Phi) is 12.6. The van der Waals surface area contributed by atoms with Crippen LogP contribution in [0.25, 0.3) is 11.4 Å². The fourth-order valence-electron chi connectivity index (χ4n) is 6.62. The van der Waals surface area contributed by atoms with Crippen molar-refractivity contribution in [3.8, 4) is 11.4 Å². The molecule has 6 aromatic carbocycles. The van der Waals surface area contributed by atoms with Crippen molar-refractivity contribution in [3.05, 3.63) is 192 Å². The summed E-state index contributed by atoms with van der Waals surface area (Å²) in [7, 11) is -6.77. The van der Waals surface area contributed by atoms with E-state index in [0.29, 0.717) is 5.56 Å². The van der Waals surface area contributed by atoms with Crippen molar-refractivity contribution in [2.24, 2.45) is 12.8 Å². The molecule has 14 nitrogen and oxygen atoms in total.